The van der Waals surface area contributed by atoms with E-state index < -0.39 is 0 Å². The number of benzene rings is 1. The summed E-state index contributed by atoms with van der Waals surface area (Å²) >= 11 is 0. The third-order valence-corrected chi connectivity index (χ3v) is 3.49. The van der Waals surface area contributed by atoms with Crippen LogP contribution in [0.1, 0.15) is 18.4 Å². The molecule has 0 unspecified atom stereocenters. The summed E-state index contributed by atoms with van der Waals surface area (Å²) in [6.45, 7) is 2.18. The SMILES string of the molecule is OCc1ccc(-c2nccnc2N2CCCC2)cc1. The van der Waals surface area contributed by atoms with Crippen LogP contribution in [0.25, 0.3) is 11.3 Å². The van der Waals surface area contributed by atoms with Crippen LogP contribution in [0, 0.1) is 0 Å². The molecule has 0 saturated carbocycles. The summed E-state index contributed by atoms with van der Waals surface area (Å²) in [4.78, 5) is 11.3. The number of aromatic nitrogens is 2. The smallest absolute Gasteiger partial charge is 0.155 e. The van der Waals surface area contributed by atoms with Crippen molar-refractivity contribution in [2.24, 2.45) is 0 Å². The highest BCUT2D eigenvalue weighted by atomic mass is 16.3. The highest BCUT2D eigenvalue weighted by Crippen LogP contribution is 2.28. The molecule has 4 nitrogen and oxygen atoms in total. The quantitative estimate of drug-likeness (QED) is 0.913. The fraction of sp³-hybridized carbons (Fsp3) is 0.333. The lowest BCUT2D eigenvalue weighted by Crippen LogP contribution is -2.20. The maximum absolute atomic E-state index is 9.09. The van der Waals surface area contributed by atoms with Crippen molar-refractivity contribution in [2.75, 3.05) is 18.0 Å². The lowest BCUT2D eigenvalue weighted by molar-refractivity contribution is 0.282. The second-order valence-corrected chi connectivity index (χ2v) is 4.78. The molecule has 98 valence electrons. The molecule has 0 atom stereocenters. The molecule has 0 aliphatic carbocycles. The van der Waals surface area contributed by atoms with E-state index >= 15 is 0 Å². The van der Waals surface area contributed by atoms with Crippen molar-refractivity contribution in [2.45, 2.75) is 19.4 Å². The Kier molecular flexibility index (Phi) is 3.42. The maximum Gasteiger partial charge on any atom is 0.155 e. The van der Waals surface area contributed by atoms with E-state index in [1.807, 2.05) is 24.3 Å². The summed E-state index contributed by atoms with van der Waals surface area (Å²) in [5, 5.41) is 9.09. The van der Waals surface area contributed by atoms with Crippen LogP contribution in [-0.4, -0.2) is 28.2 Å². The van der Waals surface area contributed by atoms with E-state index in [4.69, 9.17) is 5.11 Å². The van der Waals surface area contributed by atoms with E-state index in [0.29, 0.717) is 0 Å². The van der Waals surface area contributed by atoms with Gasteiger partial charge in [0.05, 0.1) is 6.61 Å². The molecule has 0 amide bonds. The standard InChI is InChI=1S/C15H17N3O/c19-11-12-3-5-13(6-4-12)14-15(17-8-7-16-14)18-9-1-2-10-18/h3-8,19H,1-2,9-11H2. The third-order valence-electron chi connectivity index (χ3n) is 3.49. The van der Waals surface area contributed by atoms with Crippen LogP contribution in [0.5, 0.6) is 0 Å². The van der Waals surface area contributed by atoms with E-state index in [9.17, 15) is 0 Å². The third kappa shape index (κ3) is 2.44. The van der Waals surface area contributed by atoms with Crippen molar-refractivity contribution in [3.63, 3.8) is 0 Å². The van der Waals surface area contributed by atoms with Crippen molar-refractivity contribution in [3.05, 3.63) is 42.2 Å². The zero-order valence-electron chi connectivity index (χ0n) is 10.8. The molecule has 2 heterocycles. The van der Waals surface area contributed by atoms with E-state index in [-0.39, 0.29) is 6.61 Å². The van der Waals surface area contributed by atoms with Crippen LogP contribution in [0.3, 0.4) is 0 Å². The molecule has 0 bridgehead atoms. The second kappa shape index (κ2) is 5.36. The first-order chi connectivity index (χ1) is 9.38. The largest absolute Gasteiger partial charge is 0.392 e. The molecule has 1 aromatic heterocycles. The lowest BCUT2D eigenvalue weighted by atomic mass is 10.1. The lowest BCUT2D eigenvalue weighted by Gasteiger charge is -2.19. The number of nitrogens with zero attached hydrogens (tertiary/aromatic N) is 3. The number of hydrogen-bond acceptors (Lipinski definition) is 4. The van der Waals surface area contributed by atoms with Gasteiger partial charge in [-0.2, -0.15) is 0 Å². The molecular weight excluding hydrogens is 238 g/mol. The number of hydrogen-bond donors (Lipinski definition) is 1. The van der Waals surface area contributed by atoms with E-state index in [1.54, 1.807) is 12.4 Å². The molecule has 19 heavy (non-hydrogen) atoms. The molecule has 1 fully saturated rings. The molecular formula is C15H17N3O. The van der Waals surface area contributed by atoms with Crippen LogP contribution >= 0.6 is 0 Å². The summed E-state index contributed by atoms with van der Waals surface area (Å²) in [7, 11) is 0. The molecule has 1 aliphatic heterocycles. The van der Waals surface area contributed by atoms with Crippen molar-refractivity contribution in [3.8, 4) is 11.3 Å². The summed E-state index contributed by atoms with van der Waals surface area (Å²) in [6.07, 6.45) is 5.92. The molecule has 1 aromatic carbocycles. The highest BCUT2D eigenvalue weighted by Gasteiger charge is 2.18. The molecule has 0 radical (unpaired) electrons. The average Bonchev–Trinajstić information content (AvgIpc) is 3.01. The van der Waals surface area contributed by atoms with Gasteiger partial charge in [-0.15, -0.1) is 0 Å². The number of anilines is 1. The fourth-order valence-electron chi connectivity index (χ4n) is 2.46. The zero-order valence-corrected chi connectivity index (χ0v) is 10.8. The molecule has 1 N–H and O–H groups in total. The predicted molar refractivity (Wildman–Crippen MR) is 74.8 cm³/mol. The van der Waals surface area contributed by atoms with Crippen molar-refractivity contribution >= 4 is 5.82 Å². The van der Waals surface area contributed by atoms with Gasteiger partial charge in [0.15, 0.2) is 5.82 Å². The highest BCUT2D eigenvalue weighted by molar-refractivity contribution is 5.72. The van der Waals surface area contributed by atoms with Crippen molar-refractivity contribution < 1.29 is 5.11 Å². The van der Waals surface area contributed by atoms with Crippen LogP contribution in [0.15, 0.2) is 36.7 Å². The monoisotopic (exact) mass is 255 g/mol. The Hall–Kier alpha value is -1.94. The van der Waals surface area contributed by atoms with Gasteiger partial charge in [-0.25, -0.2) is 4.98 Å². The topological polar surface area (TPSA) is 49.3 Å². The number of rotatable bonds is 3. The minimum atomic E-state index is 0.0692. The number of aliphatic hydroxyl groups is 1. The van der Waals surface area contributed by atoms with Gasteiger partial charge in [-0.05, 0) is 18.4 Å². The summed E-state index contributed by atoms with van der Waals surface area (Å²) < 4.78 is 0. The van der Waals surface area contributed by atoms with Gasteiger partial charge >= 0.3 is 0 Å². The molecule has 1 aliphatic rings. The van der Waals surface area contributed by atoms with Crippen molar-refractivity contribution in [1.29, 1.82) is 0 Å². The van der Waals surface area contributed by atoms with Gasteiger partial charge in [0.25, 0.3) is 0 Å². The first kappa shape index (κ1) is 12.1. The number of aliphatic hydroxyl groups excluding tert-OH is 1. The van der Waals surface area contributed by atoms with Gasteiger partial charge in [0.1, 0.15) is 5.69 Å². The molecule has 2 aromatic rings. The first-order valence-corrected chi connectivity index (χ1v) is 6.64. The summed E-state index contributed by atoms with van der Waals surface area (Å²) in [6, 6.07) is 7.85. The Bertz CT molecular complexity index is 548. The van der Waals surface area contributed by atoms with Gasteiger partial charge in [-0.3, -0.25) is 4.98 Å². The van der Waals surface area contributed by atoms with E-state index in [2.05, 4.69) is 14.9 Å². The van der Waals surface area contributed by atoms with Gasteiger partial charge < -0.3 is 10.0 Å². The van der Waals surface area contributed by atoms with Crippen LogP contribution < -0.4 is 4.90 Å². The van der Waals surface area contributed by atoms with Crippen LogP contribution in [0.2, 0.25) is 0 Å². The zero-order chi connectivity index (χ0) is 13.1. The second-order valence-electron chi connectivity index (χ2n) is 4.78. The molecule has 3 rings (SSSR count). The van der Waals surface area contributed by atoms with E-state index in [0.717, 1.165) is 35.7 Å². The van der Waals surface area contributed by atoms with Gasteiger partial charge in [-0.1, -0.05) is 24.3 Å². The van der Waals surface area contributed by atoms with Crippen molar-refractivity contribution in [1.82, 2.24) is 9.97 Å². The Labute approximate surface area is 112 Å². The predicted octanol–water partition coefficient (Wildman–Crippen LogP) is 2.24. The van der Waals surface area contributed by atoms with Gasteiger partial charge in [0, 0.05) is 31.0 Å². The van der Waals surface area contributed by atoms with Gasteiger partial charge in [0.2, 0.25) is 0 Å². The molecule has 1 saturated heterocycles. The maximum atomic E-state index is 9.09. The first-order valence-electron chi connectivity index (χ1n) is 6.64. The Balaban J connectivity index is 1.98. The Morgan fingerprint density at radius 3 is 2.37 bits per heavy atom. The van der Waals surface area contributed by atoms with E-state index in [1.165, 1.54) is 12.8 Å². The minimum absolute atomic E-state index is 0.0692. The molecule has 0 spiro atoms. The minimum Gasteiger partial charge on any atom is -0.392 e. The average molecular weight is 255 g/mol. The summed E-state index contributed by atoms with van der Waals surface area (Å²) in [5.41, 5.74) is 2.89. The summed E-state index contributed by atoms with van der Waals surface area (Å²) in [5.74, 6) is 0.969. The van der Waals surface area contributed by atoms with Crippen LogP contribution in [0.4, 0.5) is 5.82 Å². The fourth-order valence-corrected chi connectivity index (χ4v) is 2.46. The van der Waals surface area contributed by atoms with Crippen LogP contribution in [-0.2, 0) is 6.61 Å². The Morgan fingerprint density at radius 1 is 1.00 bits per heavy atom. The normalized spacial score (nSPS) is 14.9. The Morgan fingerprint density at radius 2 is 1.68 bits per heavy atom. The molecule has 4 heteroatoms.